The number of rotatable bonds is 7. The lowest BCUT2D eigenvalue weighted by Gasteiger charge is -2.30. The van der Waals surface area contributed by atoms with E-state index in [0.717, 1.165) is 48.1 Å². The second-order valence-corrected chi connectivity index (χ2v) is 9.28. The molecule has 4 nitrogen and oxygen atoms in total. The van der Waals surface area contributed by atoms with Gasteiger partial charge in [-0.15, -0.1) is 0 Å². The zero-order valence-electron chi connectivity index (χ0n) is 20.6. The van der Waals surface area contributed by atoms with Crippen LogP contribution in [0.1, 0.15) is 48.8 Å². The van der Waals surface area contributed by atoms with Gasteiger partial charge in [0.05, 0.1) is 13.7 Å². The summed E-state index contributed by atoms with van der Waals surface area (Å²) in [4.78, 5) is 27.1. The SMILES string of the molecule is COC(=O)/C=C/c1cccc(N(Cc2ccc(-c3cccc(C)c3)cc2)C(=O)C2CCCCC2)c1. The van der Waals surface area contributed by atoms with Crippen molar-refractivity contribution in [3.05, 3.63) is 95.6 Å². The van der Waals surface area contributed by atoms with Gasteiger partial charge >= 0.3 is 5.97 Å². The van der Waals surface area contributed by atoms with Crippen molar-refractivity contribution in [3.8, 4) is 11.1 Å². The van der Waals surface area contributed by atoms with Gasteiger partial charge in [-0.25, -0.2) is 4.79 Å². The number of carbonyl (C=O) groups excluding carboxylic acids is 2. The van der Waals surface area contributed by atoms with Crippen molar-refractivity contribution in [2.45, 2.75) is 45.6 Å². The number of amides is 1. The van der Waals surface area contributed by atoms with Crippen molar-refractivity contribution in [1.82, 2.24) is 0 Å². The molecule has 35 heavy (non-hydrogen) atoms. The molecular weight excluding hydrogens is 434 g/mol. The van der Waals surface area contributed by atoms with Gasteiger partial charge < -0.3 is 9.64 Å². The Balaban J connectivity index is 1.60. The van der Waals surface area contributed by atoms with Crippen molar-refractivity contribution >= 4 is 23.6 Å². The van der Waals surface area contributed by atoms with Gasteiger partial charge in [0, 0.05) is 17.7 Å². The number of hydrogen-bond donors (Lipinski definition) is 0. The fourth-order valence-corrected chi connectivity index (χ4v) is 4.70. The molecule has 3 aromatic rings. The van der Waals surface area contributed by atoms with Gasteiger partial charge in [-0.2, -0.15) is 0 Å². The van der Waals surface area contributed by atoms with Gasteiger partial charge in [-0.3, -0.25) is 4.79 Å². The average molecular weight is 468 g/mol. The number of aryl methyl sites for hydroxylation is 1. The lowest BCUT2D eigenvalue weighted by atomic mass is 9.88. The summed E-state index contributed by atoms with van der Waals surface area (Å²) in [7, 11) is 1.36. The molecule has 4 rings (SSSR count). The van der Waals surface area contributed by atoms with Crippen LogP contribution < -0.4 is 4.90 Å². The van der Waals surface area contributed by atoms with E-state index in [1.807, 2.05) is 29.2 Å². The van der Waals surface area contributed by atoms with Crippen LogP contribution in [0, 0.1) is 12.8 Å². The molecule has 0 radical (unpaired) electrons. The van der Waals surface area contributed by atoms with E-state index in [4.69, 9.17) is 4.74 Å². The maximum absolute atomic E-state index is 13.7. The fourth-order valence-electron chi connectivity index (χ4n) is 4.70. The van der Waals surface area contributed by atoms with Crippen LogP contribution in [0.3, 0.4) is 0 Å². The zero-order chi connectivity index (χ0) is 24.6. The minimum atomic E-state index is -0.403. The quantitative estimate of drug-likeness (QED) is 0.279. The van der Waals surface area contributed by atoms with Crippen molar-refractivity contribution in [2.24, 2.45) is 5.92 Å². The molecule has 1 fully saturated rings. The molecule has 3 aromatic carbocycles. The molecule has 0 aromatic heterocycles. The highest BCUT2D eigenvalue weighted by Crippen LogP contribution is 2.30. The Morgan fingerprint density at radius 3 is 2.37 bits per heavy atom. The summed E-state index contributed by atoms with van der Waals surface area (Å²) in [6.07, 6.45) is 8.44. The van der Waals surface area contributed by atoms with Crippen molar-refractivity contribution < 1.29 is 14.3 Å². The Bertz CT molecular complexity index is 1190. The summed E-state index contributed by atoms with van der Waals surface area (Å²) >= 11 is 0. The van der Waals surface area contributed by atoms with Crippen molar-refractivity contribution in [1.29, 1.82) is 0 Å². The van der Waals surface area contributed by atoms with Gasteiger partial charge in [0.1, 0.15) is 0 Å². The molecule has 4 heteroatoms. The zero-order valence-corrected chi connectivity index (χ0v) is 20.6. The highest BCUT2D eigenvalue weighted by molar-refractivity contribution is 5.95. The molecule has 0 saturated heterocycles. The minimum absolute atomic E-state index is 0.0598. The first-order valence-electron chi connectivity index (χ1n) is 12.4. The molecular formula is C31H33NO3. The summed E-state index contributed by atoms with van der Waals surface area (Å²) in [5.74, 6) is -0.162. The Labute approximate surface area is 208 Å². The van der Waals surface area contributed by atoms with Crippen LogP contribution in [0.5, 0.6) is 0 Å². The Morgan fingerprint density at radius 2 is 1.66 bits per heavy atom. The molecule has 1 aliphatic carbocycles. The first kappa shape index (κ1) is 24.5. The van der Waals surface area contributed by atoms with E-state index in [1.54, 1.807) is 6.08 Å². The molecule has 0 atom stereocenters. The Morgan fingerprint density at radius 1 is 0.914 bits per heavy atom. The molecule has 0 spiro atoms. The van der Waals surface area contributed by atoms with Gasteiger partial charge in [0.2, 0.25) is 5.91 Å². The molecule has 1 saturated carbocycles. The van der Waals surface area contributed by atoms with E-state index in [0.29, 0.717) is 6.54 Å². The number of anilines is 1. The smallest absolute Gasteiger partial charge is 0.330 e. The van der Waals surface area contributed by atoms with Crippen LogP contribution in [0.2, 0.25) is 0 Å². The first-order chi connectivity index (χ1) is 17.0. The van der Waals surface area contributed by atoms with Crippen molar-refractivity contribution in [3.63, 3.8) is 0 Å². The molecule has 0 unspecified atom stereocenters. The van der Waals surface area contributed by atoms with Crippen LogP contribution in [0.4, 0.5) is 5.69 Å². The second-order valence-electron chi connectivity index (χ2n) is 9.28. The second kappa shape index (κ2) is 11.7. The standard InChI is InChI=1S/C31H33NO3/c1-23-8-6-12-28(20-23)26-17-14-25(15-18-26)22-32(31(34)27-10-4-3-5-11-27)29-13-7-9-24(21-29)16-19-30(33)35-2/h6-9,12-21,27H,3-5,10-11,22H2,1-2H3/b19-16+. The topological polar surface area (TPSA) is 46.6 Å². The predicted molar refractivity (Wildman–Crippen MR) is 142 cm³/mol. The molecule has 0 aliphatic heterocycles. The third-order valence-electron chi connectivity index (χ3n) is 6.66. The molecule has 1 aliphatic rings. The van der Waals surface area contributed by atoms with Gasteiger partial charge in [0.25, 0.3) is 0 Å². The van der Waals surface area contributed by atoms with E-state index in [-0.39, 0.29) is 11.8 Å². The van der Waals surface area contributed by atoms with Gasteiger partial charge in [0.15, 0.2) is 0 Å². The maximum atomic E-state index is 13.7. The van der Waals surface area contributed by atoms with E-state index < -0.39 is 5.97 Å². The summed E-state index contributed by atoms with van der Waals surface area (Å²) in [5.41, 5.74) is 6.37. The lowest BCUT2D eigenvalue weighted by molar-refractivity contribution is -0.134. The highest BCUT2D eigenvalue weighted by Gasteiger charge is 2.27. The van der Waals surface area contributed by atoms with E-state index in [1.165, 1.54) is 30.7 Å². The van der Waals surface area contributed by atoms with Gasteiger partial charge in [-0.1, -0.05) is 85.5 Å². The average Bonchev–Trinajstić information content (AvgIpc) is 2.91. The molecule has 0 bridgehead atoms. The minimum Gasteiger partial charge on any atom is -0.466 e. The maximum Gasteiger partial charge on any atom is 0.330 e. The monoisotopic (exact) mass is 467 g/mol. The molecule has 0 N–H and O–H groups in total. The number of benzene rings is 3. The third kappa shape index (κ3) is 6.48. The van der Waals surface area contributed by atoms with Crippen LogP contribution in [-0.2, 0) is 20.9 Å². The van der Waals surface area contributed by atoms with Gasteiger partial charge in [-0.05, 0) is 60.2 Å². The van der Waals surface area contributed by atoms with Crippen LogP contribution >= 0.6 is 0 Å². The molecule has 0 heterocycles. The number of esters is 1. The Hall–Kier alpha value is -3.66. The first-order valence-corrected chi connectivity index (χ1v) is 12.4. The number of methoxy groups -OCH3 is 1. The normalized spacial score (nSPS) is 14.1. The predicted octanol–water partition coefficient (Wildman–Crippen LogP) is 6.96. The number of hydrogen-bond acceptors (Lipinski definition) is 3. The highest BCUT2D eigenvalue weighted by atomic mass is 16.5. The molecule has 180 valence electrons. The van der Waals surface area contributed by atoms with Crippen molar-refractivity contribution in [2.75, 3.05) is 12.0 Å². The summed E-state index contributed by atoms with van der Waals surface area (Å²) < 4.78 is 4.70. The molecule has 1 amide bonds. The van der Waals surface area contributed by atoms with Crippen LogP contribution in [-0.4, -0.2) is 19.0 Å². The summed E-state index contributed by atoms with van der Waals surface area (Å²) in [6.45, 7) is 2.61. The largest absolute Gasteiger partial charge is 0.466 e. The van der Waals surface area contributed by atoms with Crippen LogP contribution in [0.25, 0.3) is 17.2 Å². The van der Waals surface area contributed by atoms with E-state index in [2.05, 4.69) is 55.5 Å². The van der Waals surface area contributed by atoms with Crippen LogP contribution in [0.15, 0.2) is 78.9 Å². The lowest BCUT2D eigenvalue weighted by Crippen LogP contribution is -2.36. The van der Waals surface area contributed by atoms with E-state index in [9.17, 15) is 9.59 Å². The summed E-state index contributed by atoms with van der Waals surface area (Å²) in [5, 5.41) is 0. The summed E-state index contributed by atoms with van der Waals surface area (Å²) in [6, 6.07) is 24.7. The Kier molecular flexibility index (Phi) is 8.15. The number of ether oxygens (including phenoxy) is 1. The fraction of sp³-hybridized carbons (Fsp3) is 0.290. The third-order valence-corrected chi connectivity index (χ3v) is 6.66. The number of nitrogens with zero attached hydrogens (tertiary/aromatic N) is 1. The number of carbonyl (C=O) groups is 2. The van der Waals surface area contributed by atoms with E-state index >= 15 is 0 Å².